The summed E-state index contributed by atoms with van der Waals surface area (Å²) < 4.78 is 96.9. The van der Waals surface area contributed by atoms with Gasteiger partial charge in [-0.3, -0.25) is 4.18 Å². The van der Waals surface area contributed by atoms with Crippen LogP contribution in [0.1, 0.15) is 11.1 Å². The molecule has 3 N–H and O–H groups in total. The molecular formula is C9H9F6NO3S. The lowest BCUT2D eigenvalue weighted by Crippen LogP contribution is -2.25. The quantitative estimate of drug-likeness (QED) is 0.526. The largest absolute Gasteiger partial charge is 0.523 e. The smallest absolute Gasteiger partial charge is 0.344 e. The lowest BCUT2D eigenvalue weighted by atomic mass is 10.1. The first-order chi connectivity index (χ1) is 8.43. The Morgan fingerprint density at radius 1 is 0.950 bits per heavy atom. The SMILES string of the molecule is N.O=S(=O)(OCc1ccc(C(F)(F)F)cc1)C(F)(F)F. The topological polar surface area (TPSA) is 78.4 Å². The maximum Gasteiger partial charge on any atom is 0.523 e. The predicted molar refractivity (Wildman–Crippen MR) is 56.2 cm³/mol. The summed E-state index contributed by atoms with van der Waals surface area (Å²) in [4.78, 5) is 0. The molecule has 0 atom stereocenters. The summed E-state index contributed by atoms with van der Waals surface area (Å²) in [7, 11) is -5.76. The van der Waals surface area contributed by atoms with Crippen molar-refractivity contribution in [1.82, 2.24) is 6.15 Å². The van der Waals surface area contributed by atoms with Gasteiger partial charge in [-0.2, -0.15) is 34.8 Å². The summed E-state index contributed by atoms with van der Waals surface area (Å²) in [6.07, 6.45) is -4.59. The normalized spacial score (nSPS) is 12.9. The summed E-state index contributed by atoms with van der Waals surface area (Å²) >= 11 is 0. The molecule has 0 heterocycles. The number of halogens is 6. The van der Waals surface area contributed by atoms with Gasteiger partial charge in [-0.25, -0.2) is 0 Å². The van der Waals surface area contributed by atoms with Crippen molar-refractivity contribution in [2.75, 3.05) is 0 Å². The van der Waals surface area contributed by atoms with E-state index in [0.29, 0.717) is 12.1 Å². The molecule has 116 valence electrons. The van der Waals surface area contributed by atoms with Crippen molar-refractivity contribution in [3.63, 3.8) is 0 Å². The van der Waals surface area contributed by atoms with E-state index in [2.05, 4.69) is 4.18 Å². The van der Waals surface area contributed by atoms with Crippen molar-refractivity contribution in [1.29, 1.82) is 0 Å². The van der Waals surface area contributed by atoms with Crippen LogP contribution in [0.15, 0.2) is 24.3 Å². The average Bonchev–Trinajstić information content (AvgIpc) is 2.24. The van der Waals surface area contributed by atoms with Gasteiger partial charge in [0.1, 0.15) is 0 Å². The molecule has 0 aliphatic heterocycles. The van der Waals surface area contributed by atoms with Crippen molar-refractivity contribution < 1.29 is 38.9 Å². The number of hydrogen-bond acceptors (Lipinski definition) is 4. The van der Waals surface area contributed by atoms with Crippen LogP contribution >= 0.6 is 0 Å². The van der Waals surface area contributed by atoms with Gasteiger partial charge in [0.2, 0.25) is 0 Å². The first kappa shape index (κ1) is 18.7. The van der Waals surface area contributed by atoms with E-state index >= 15 is 0 Å². The predicted octanol–water partition coefficient (Wildman–Crippen LogP) is 3.23. The number of hydrogen-bond donors (Lipinski definition) is 1. The molecular weight excluding hydrogens is 316 g/mol. The molecule has 0 aliphatic rings. The van der Waals surface area contributed by atoms with Gasteiger partial charge in [-0.15, -0.1) is 0 Å². The Kier molecular flexibility index (Phi) is 5.58. The van der Waals surface area contributed by atoms with Crippen LogP contribution in [0, 0.1) is 0 Å². The van der Waals surface area contributed by atoms with E-state index in [1.165, 1.54) is 0 Å². The van der Waals surface area contributed by atoms with E-state index in [1.807, 2.05) is 0 Å². The second-order valence-electron chi connectivity index (χ2n) is 3.36. The molecule has 0 aromatic heterocycles. The van der Waals surface area contributed by atoms with Crippen molar-refractivity contribution in [2.24, 2.45) is 0 Å². The summed E-state index contributed by atoms with van der Waals surface area (Å²) in [6, 6.07) is 2.88. The second-order valence-corrected chi connectivity index (χ2v) is 4.96. The van der Waals surface area contributed by atoms with Crippen LogP contribution in [0.4, 0.5) is 26.3 Å². The first-order valence-electron chi connectivity index (χ1n) is 4.55. The van der Waals surface area contributed by atoms with Gasteiger partial charge in [0, 0.05) is 0 Å². The molecule has 0 aliphatic carbocycles. The second kappa shape index (κ2) is 5.97. The van der Waals surface area contributed by atoms with E-state index in [4.69, 9.17) is 0 Å². The van der Waals surface area contributed by atoms with Gasteiger partial charge in [0.05, 0.1) is 12.2 Å². The highest BCUT2D eigenvalue weighted by Gasteiger charge is 2.47. The lowest BCUT2D eigenvalue weighted by molar-refractivity contribution is -0.137. The summed E-state index contributed by atoms with van der Waals surface area (Å²) in [5.41, 5.74) is -6.71. The lowest BCUT2D eigenvalue weighted by Gasteiger charge is -2.09. The zero-order chi connectivity index (χ0) is 14.9. The minimum atomic E-state index is -5.76. The molecule has 0 fully saturated rings. The zero-order valence-electron chi connectivity index (χ0n) is 9.62. The molecule has 1 aromatic rings. The molecule has 1 aromatic carbocycles. The highest BCUT2D eigenvalue weighted by atomic mass is 32.2. The highest BCUT2D eigenvalue weighted by molar-refractivity contribution is 7.87. The van der Waals surface area contributed by atoms with Crippen LogP contribution in [-0.2, 0) is 27.1 Å². The third-order valence-electron chi connectivity index (χ3n) is 1.95. The van der Waals surface area contributed by atoms with E-state index in [-0.39, 0.29) is 11.7 Å². The molecule has 0 saturated carbocycles. The molecule has 0 radical (unpaired) electrons. The standard InChI is InChI=1S/C9H6F6O3S.H3N/c10-8(11,12)7-3-1-6(2-4-7)5-18-19(16,17)9(13,14)15;/h1-4H,5H2;1H3. The minimum absolute atomic E-state index is 0. The molecule has 0 bridgehead atoms. The fraction of sp³-hybridized carbons (Fsp3) is 0.333. The third kappa shape index (κ3) is 4.65. The number of benzene rings is 1. The Morgan fingerprint density at radius 3 is 1.75 bits per heavy atom. The third-order valence-corrected chi connectivity index (χ3v) is 2.94. The van der Waals surface area contributed by atoms with E-state index in [9.17, 15) is 34.8 Å². The van der Waals surface area contributed by atoms with E-state index in [0.717, 1.165) is 12.1 Å². The van der Waals surface area contributed by atoms with Gasteiger partial charge >= 0.3 is 21.8 Å². The zero-order valence-corrected chi connectivity index (χ0v) is 10.4. The Balaban J connectivity index is 0.00000361. The van der Waals surface area contributed by atoms with Crippen LogP contribution in [0.3, 0.4) is 0 Å². The highest BCUT2D eigenvalue weighted by Crippen LogP contribution is 2.29. The molecule has 20 heavy (non-hydrogen) atoms. The van der Waals surface area contributed by atoms with Gasteiger partial charge in [-0.05, 0) is 17.7 Å². The fourth-order valence-electron chi connectivity index (χ4n) is 1.00. The van der Waals surface area contributed by atoms with Crippen LogP contribution in [-0.4, -0.2) is 13.9 Å². The van der Waals surface area contributed by atoms with Gasteiger partial charge in [0.15, 0.2) is 0 Å². The Labute approximate surface area is 110 Å². The van der Waals surface area contributed by atoms with Crippen molar-refractivity contribution in [3.8, 4) is 0 Å². The monoisotopic (exact) mass is 325 g/mol. The molecule has 11 heteroatoms. The Hall–Kier alpha value is -1.33. The van der Waals surface area contributed by atoms with Gasteiger partial charge in [-0.1, -0.05) is 12.1 Å². The molecule has 0 spiro atoms. The van der Waals surface area contributed by atoms with Crippen LogP contribution < -0.4 is 6.15 Å². The first-order valence-corrected chi connectivity index (χ1v) is 5.96. The molecule has 0 saturated heterocycles. The van der Waals surface area contributed by atoms with Crippen molar-refractivity contribution in [3.05, 3.63) is 35.4 Å². The van der Waals surface area contributed by atoms with Crippen LogP contribution in [0.2, 0.25) is 0 Å². The summed E-state index contributed by atoms with van der Waals surface area (Å²) in [5.74, 6) is 0. The van der Waals surface area contributed by atoms with Gasteiger partial charge < -0.3 is 6.15 Å². The minimum Gasteiger partial charge on any atom is -0.344 e. The van der Waals surface area contributed by atoms with Gasteiger partial charge in [0.25, 0.3) is 0 Å². The molecule has 1 rings (SSSR count). The molecule has 0 amide bonds. The van der Waals surface area contributed by atoms with Crippen LogP contribution in [0.5, 0.6) is 0 Å². The maximum atomic E-state index is 12.2. The maximum absolute atomic E-state index is 12.2. The summed E-state index contributed by atoms with van der Waals surface area (Å²) in [6.45, 7) is -1.00. The fourth-order valence-corrected chi connectivity index (χ4v) is 1.43. The Morgan fingerprint density at radius 2 is 1.40 bits per heavy atom. The molecule has 4 nitrogen and oxygen atoms in total. The molecule has 0 unspecified atom stereocenters. The number of alkyl halides is 6. The van der Waals surface area contributed by atoms with Crippen molar-refractivity contribution >= 4 is 10.1 Å². The van der Waals surface area contributed by atoms with E-state index in [1.54, 1.807) is 0 Å². The van der Waals surface area contributed by atoms with Crippen LogP contribution in [0.25, 0.3) is 0 Å². The number of rotatable bonds is 3. The average molecular weight is 325 g/mol. The van der Waals surface area contributed by atoms with E-state index < -0.39 is 34.0 Å². The summed E-state index contributed by atoms with van der Waals surface area (Å²) in [5, 5.41) is 0. The Bertz CT molecular complexity index is 534. The van der Waals surface area contributed by atoms with Crippen molar-refractivity contribution in [2.45, 2.75) is 18.3 Å².